The molecule has 0 radical (unpaired) electrons. The van der Waals surface area contributed by atoms with Gasteiger partial charge in [0, 0.05) is 44.9 Å². The topological polar surface area (TPSA) is 183 Å². The Kier molecular flexibility index (Phi) is 15.1. The van der Waals surface area contributed by atoms with E-state index in [1.54, 1.807) is 41.5 Å². The maximum atomic E-state index is 14.1. The largest absolute Gasteiger partial charge is 0.459 e. The van der Waals surface area contributed by atoms with Crippen LogP contribution in [0.3, 0.4) is 0 Å². The molecule has 17 unspecified atom stereocenters. The van der Waals surface area contributed by atoms with Gasteiger partial charge in [0.15, 0.2) is 12.6 Å². The van der Waals surface area contributed by atoms with E-state index in [2.05, 4.69) is 0 Å². The Hall–Kier alpha value is -1.30. The van der Waals surface area contributed by atoms with Crippen molar-refractivity contribution in [2.45, 2.75) is 179 Å². The summed E-state index contributed by atoms with van der Waals surface area (Å²) in [6.07, 6.45) is -8.66. The molecule has 3 rings (SSSR count). The smallest absolute Gasteiger partial charge is 0.311 e. The van der Waals surface area contributed by atoms with Crippen molar-refractivity contribution in [1.29, 1.82) is 0 Å². The number of rotatable bonds is 8. The molecule has 0 amide bonds. The summed E-state index contributed by atoms with van der Waals surface area (Å²) in [5.41, 5.74) is -4.20. The lowest BCUT2D eigenvalue weighted by Crippen LogP contribution is -2.61. The van der Waals surface area contributed by atoms with Crippen LogP contribution in [0.5, 0.6) is 0 Å². The van der Waals surface area contributed by atoms with Crippen LogP contribution in [0.4, 0.5) is 0 Å². The van der Waals surface area contributed by atoms with Crippen molar-refractivity contribution in [1.82, 2.24) is 4.90 Å². The molecular weight excluding hydrogens is 666 g/mol. The second kappa shape index (κ2) is 17.4. The highest BCUT2D eigenvalue weighted by Gasteiger charge is 2.53. The summed E-state index contributed by atoms with van der Waals surface area (Å²) in [5, 5.41) is 45.3. The van der Waals surface area contributed by atoms with E-state index in [4.69, 9.17) is 33.2 Å². The minimum Gasteiger partial charge on any atom is -0.459 e. The highest BCUT2D eigenvalue weighted by molar-refractivity contribution is 5.81. The molecule has 0 aromatic rings. The average molecular weight is 734 g/mol. The number of carbonyl (C=O) groups is 2. The number of esters is 1. The number of carbonyl (C=O) groups excluding carboxylic acids is 2. The lowest BCUT2D eigenvalue weighted by atomic mass is 9.76. The summed E-state index contributed by atoms with van der Waals surface area (Å²) in [6, 6.07) is -0.278. The number of cyclic esters (lactones) is 1. The molecule has 0 saturated carbocycles. The van der Waals surface area contributed by atoms with Crippen LogP contribution in [-0.2, 0) is 42.7 Å². The maximum absolute atomic E-state index is 14.1. The van der Waals surface area contributed by atoms with E-state index in [1.807, 2.05) is 32.8 Å². The SMILES string of the molecule is CCC1OC(=O)C(C)C(OC2CC(C)(OC)C(O)C(C)O2)C(C)C(OC2OC(C)CC(N(C)C)C2O)C(C)(OC)CCC(=O)C(C)C(O)C1(C)O. The fourth-order valence-electron chi connectivity index (χ4n) is 8.09. The van der Waals surface area contributed by atoms with Gasteiger partial charge < -0.3 is 58.5 Å². The Morgan fingerprint density at radius 2 is 1.49 bits per heavy atom. The average Bonchev–Trinajstić information content (AvgIpc) is 3.08. The van der Waals surface area contributed by atoms with Crippen molar-refractivity contribution in [2.75, 3.05) is 28.3 Å². The van der Waals surface area contributed by atoms with Crippen LogP contribution in [0.1, 0.15) is 94.4 Å². The molecule has 3 aliphatic rings. The summed E-state index contributed by atoms with van der Waals surface area (Å²) in [6.45, 7) is 15.3. The molecule has 3 saturated heterocycles. The molecule has 51 heavy (non-hydrogen) atoms. The molecule has 3 fully saturated rings. The van der Waals surface area contributed by atoms with Crippen LogP contribution in [0.15, 0.2) is 0 Å². The highest BCUT2D eigenvalue weighted by Crippen LogP contribution is 2.41. The third-order valence-corrected chi connectivity index (χ3v) is 12.0. The molecule has 0 bridgehead atoms. The van der Waals surface area contributed by atoms with Crippen molar-refractivity contribution in [3.05, 3.63) is 0 Å². The lowest BCUT2D eigenvalue weighted by Gasteiger charge is -2.49. The predicted molar refractivity (Wildman–Crippen MR) is 187 cm³/mol. The minimum atomic E-state index is -1.95. The van der Waals surface area contributed by atoms with Crippen molar-refractivity contribution in [3.8, 4) is 0 Å². The maximum Gasteiger partial charge on any atom is 0.311 e. The lowest BCUT2D eigenvalue weighted by molar-refractivity contribution is -0.319. The summed E-state index contributed by atoms with van der Waals surface area (Å²) in [7, 11) is 6.75. The third kappa shape index (κ3) is 9.51. The van der Waals surface area contributed by atoms with E-state index in [9.17, 15) is 30.0 Å². The predicted octanol–water partition coefficient (Wildman–Crippen LogP) is 2.19. The molecule has 0 aliphatic carbocycles. The number of likely N-dealkylation sites (N-methyl/N-ethyl adjacent to an activating group) is 1. The molecule has 14 heteroatoms. The normalized spacial score (nSPS) is 48.3. The standard InChI is InChI=1S/C37H67NO13/c1-14-26-37(9,44)30(41)20(3)25(39)15-16-35(7,45-12)32(51-34-28(40)24(38(10)11)17-19(2)47-34)21(4)29(22(5)33(43)49-26)50-27-18-36(8,46-13)31(42)23(6)48-27/h19-24,26-32,34,40-42,44H,14-18H2,1-13H3. The van der Waals surface area contributed by atoms with Gasteiger partial charge in [-0.1, -0.05) is 20.8 Å². The Balaban J connectivity index is 2.18. The van der Waals surface area contributed by atoms with Gasteiger partial charge in [-0.05, 0) is 74.9 Å². The fourth-order valence-corrected chi connectivity index (χ4v) is 8.09. The van der Waals surface area contributed by atoms with E-state index < -0.39 is 95.8 Å². The first-order valence-electron chi connectivity index (χ1n) is 18.5. The van der Waals surface area contributed by atoms with Crippen molar-refractivity contribution in [2.24, 2.45) is 17.8 Å². The third-order valence-electron chi connectivity index (χ3n) is 12.0. The summed E-state index contributed by atoms with van der Waals surface area (Å²) >= 11 is 0. The molecule has 0 aromatic heterocycles. The molecule has 298 valence electrons. The van der Waals surface area contributed by atoms with Crippen LogP contribution >= 0.6 is 0 Å². The van der Waals surface area contributed by atoms with Crippen LogP contribution in [0.25, 0.3) is 0 Å². The summed E-state index contributed by atoms with van der Waals surface area (Å²) < 4.78 is 43.6. The fraction of sp³-hybridized carbons (Fsp3) is 0.946. The minimum absolute atomic E-state index is 0.0407. The molecule has 0 spiro atoms. The van der Waals surface area contributed by atoms with E-state index in [0.29, 0.717) is 6.42 Å². The molecule has 3 aliphatic heterocycles. The van der Waals surface area contributed by atoms with Gasteiger partial charge in [0.25, 0.3) is 0 Å². The number of ether oxygens (including phenoxy) is 7. The highest BCUT2D eigenvalue weighted by atomic mass is 16.7. The van der Waals surface area contributed by atoms with Gasteiger partial charge in [-0.25, -0.2) is 0 Å². The van der Waals surface area contributed by atoms with Crippen molar-refractivity contribution in [3.63, 3.8) is 0 Å². The second-order valence-electron chi connectivity index (χ2n) is 16.1. The van der Waals surface area contributed by atoms with E-state index in [-0.39, 0.29) is 43.6 Å². The zero-order chi connectivity index (χ0) is 38.8. The summed E-state index contributed by atoms with van der Waals surface area (Å²) in [4.78, 5) is 29.7. The van der Waals surface area contributed by atoms with Crippen LogP contribution in [0.2, 0.25) is 0 Å². The zero-order valence-electron chi connectivity index (χ0n) is 33.0. The Bertz CT molecular complexity index is 1160. The number of ketones is 1. The summed E-state index contributed by atoms with van der Waals surface area (Å²) in [5.74, 6) is -3.74. The van der Waals surface area contributed by atoms with Crippen LogP contribution < -0.4 is 0 Å². The van der Waals surface area contributed by atoms with Gasteiger partial charge in [0.2, 0.25) is 0 Å². The number of nitrogens with zero attached hydrogens (tertiary/aromatic N) is 1. The quantitative estimate of drug-likeness (QED) is 0.267. The monoisotopic (exact) mass is 733 g/mol. The Morgan fingerprint density at radius 1 is 0.882 bits per heavy atom. The van der Waals surface area contributed by atoms with Gasteiger partial charge in [-0.3, -0.25) is 9.59 Å². The number of Topliss-reactive ketones (excluding diaryl/α,β-unsaturated/α-hetero) is 1. The Morgan fingerprint density at radius 3 is 2.04 bits per heavy atom. The first kappa shape index (κ1) is 44.1. The van der Waals surface area contributed by atoms with Gasteiger partial charge in [0.05, 0.1) is 47.6 Å². The number of aliphatic hydroxyl groups is 4. The van der Waals surface area contributed by atoms with Gasteiger partial charge in [-0.15, -0.1) is 0 Å². The Labute approximate surface area is 304 Å². The van der Waals surface area contributed by atoms with Gasteiger partial charge in [0.1, 0.15) is 29.7 Å². The zero-order valence-corrected chi connectivity index (χ0v) is 33.0. The first-order chi connectivity index (χ1) is 23.6. The molecule has 0 aromatic carbocycles. The number of aliphatic hydroxyl groups excluding tert-OH is 3. The second-order valence-corrected chi connectivity index (χ2v) is 16.1. The van der Waals surface area contributed by atoms with Gasteiger partial charge >= 0.3 is 5.97 Å². The number of methoxy groups -OCH3 is 2. The van der Waals surface area contributed by atoms with E-state index in [1.165, 1.54) is 21.1 Å². The molecule has 14 nitrogen and oxygen atoms in total. The molecule has 17 atom stereocenters. The van der Waals surface area contributed by atoms with Crippen LogP contribution in [0, 0.1) is 17.8 Å². The van der Waals surface area contributed by atoms with Crippen molar-refractivity contribution < 1.29 is 63.2 Å². The van der Waals surface area contributed by atoms with E-state index in [0.717, 1.165) is 0 Å². The first-order valence-corrected chi connectivity index (χ1v) is 18.5. The molecule has 4 N–H and O–H groups in total. The number of hydrogen-bond donors (Lipinski definition) is 4. The van der Waals surface area contributed by atoms with Crippen molar-refractivity contribution >= 4 is 11.8 Å². The molecule has 3 heterocycles. The van der Waals surface area contributed by atoms with Gasteiger partial charge in [-0.2, -0.15) is 0 Å². The van der Waals surface area contributed by atoms with E-state index >= 15 is 0 Å². The number of hydrogen-bond acceptors (Lipinski definition) is 14. The van der Waals surface area contributed by atoms with Crippen LogP contribution in [-0.4, -0.2) is 150 Å². The molecular formula is C37H67NO13.